The standard InChI is InChI=1S/C29H21BrN2O/c30-24-12-7-13-25(20-24)31-29(33)23-14-16-26(17-15-23)32-27(21-8-3-1-4-9-21)18-19-28(32)22-10-5-2-6-11-22/h1-20H,(H,31,33). The molecule has 0 aliphatic heterocycles. The summed E-state index contributed by atoms with van der Waals surface area (Å²) in [5.41, 5.74) is 6.82. The number of amides is 1. The Morgan fingerprint density at radius 1 is 0.636 bits per heavy atom. The number of carbonyl (C=O) groups excluding carboxylic acids is 1. The number of benzene rings is 4. The highest BCUT2D eigenvalue weighted by Gasteiger charge is 2.14. The summed E-state index contributed by atoms with van der Waals surface area (Å²) in [6.45, 7) is 0. The third-order valence-corrected chi connectivity index (χ3v) is 5.98. The van der Waals surface area contributed by atoms with Crippen LogP contribution in [0.25, 0.3) is 28.2 Å². The predicted octanol–water partition coefficient (Wildman–Crippen LogP) is 7.83. The van der Waals surface area contributed by atoms with Gasteiger partial charge in [0.05, 0.1) is 11.4 Å². The van der Waals surface area contributed by atoms with Crippen LogP contribution in [-0.4, -0.2) is 10.5 Å². The van der Waals surface area contributed by atoms with Gasteiger partial charge in [-0.1, -0.05) is 82.7 Å². The number of halogens is 1. The second-order valence-corrected chi connectivity index (χ2v) is 8.60. The van der Waals surface area contributed by atoms with Crippen LogP contribution in [-0.2, 0) is 0 Å². The van der Waals surface area contributed by atoms with Crippen molar-refractivity contribution in [3.8, 4) is 28.2 Å². The van der Waals surface area contributed by atoms with Gasteiger partial charge in [-0.15, -0.1) is 0 Å². The Morgan fingerprint density at radius 2 is 1.21 bits per heavy atom. The molecular formula is C29H21BrN2O. The van der Waals surface area contributed by atoms with Gasteiger partial charge in [0, 0.05) is 21.4 Å². The van der Waals surface area contributed by atoms with E-state index in [0.29, 0.717) is 5.56 Å². The fourth-order valence-corrected chi connectivity index (χ4v) is 4.31. The summed E-state index contributed by atoms with van der Waals surface area (Å²) in [4.78, 5) is 12.8. The topological polar surface area (TPSA) is 34.0 Å². The zero-order valence-corrected chi connectivity index (χ0v) is 19.4. The summed E-state index contributed by atoms with van der Waals surface area (Å²) in [7, 11) is 0. The van der Waals surface area contributed by atoms with Crippen LogP contribution in [0.5, 0.6) is 0 Å². The van der Waals surface area contributed by atoms with Crippen molar-refractivity contribution in [1.29, 1.82) is 0 Å². The molecule has 1 aromatic heterocycles. The molecule has 0 saturated heterocycles. The van der Waals surface area contributed by atoms with Crippen molar-refractivity contribution in [1.82, 2.24) is 4.57 Å². The lowest BCUT2D eigenvalue weighted by Gasteiger charge is -2.15. The SMILES string of the molecule is O=C(Nc1cccc(Br)c1)c1ccc(-n2c(-c3ccccc3)ccc2-c2ccccc2)cc1. The molecule has 0 radical (unpaired) electrons. The Labute approximate surface area is 201 Å². The lowest BCUT2D eigenvalue weighted by molar-refractivity contribution is 0.102. The molecule has 0 aliphatic carbocycles. The zero-order chi connectivity index (χ0) is 22.6. The van der Waals surface area contributed by atoms with Crippen molar-refractivity contribution in [3.05, 3.63) is 131 Å². The van der Waals surface area contributed by atoms with Crippen LogP contribution in [0.15, 0.2) is 126 Å². The lowest BCUT2D eigenvalue weighted by atomic mass is 10.1. The third-order valence-electron chi connectivity index (χ3n) is 5.49. The van der Waals surface area contributed by atoms with Crippen LogP contribution in [0, 0.1) is 0 Å². The Balaban J connectivity index is 1.52. The van der Waals surface area contributed by atoms with E-state index in [9.17, 15) is 4.79 Å². The van der Waals surface area contributed by atoms with Crippen LogP contribution >= 0.6 is 15.9 Å². The van der Waals surface area contributed by atoms with Crippen LogP contribution in [0.1, 0.15) is 10.4 Å². The summed E-state index contributed by atoms with van der Waals surface area (Å²) >= 11 is 3.44. The van der Waals surface area contributed by atoms with Gasteiger partial charge in [0.2, 0.25) is 0 Å². The number of nitrogens with zero attached hydrogens (tertiary/aromatic N) is 1. The molecule has 5 aromatic rings. The average molecular weight is 493 g/mol. The Morgan fingerprint density at radius 3 is 1.76 bits per heavy atom. The number of aromatic nitrogens is 1. The van der Waals surface area contributed by atoms with Crippen molar-refractivity contribution in [3.63, 3.8) is 0 Å². The molecule has 4 aromatic carbocycles. The van der Waals surface area contributed by atoms with Gasteiger partial charge in [0.1, 0.15) is 0 Å². The normalized spacial score (nSPS) is 10.7. The van der Waals surface area contributed by atoms with Crippen molar-refractivity contribution < 1.29 is 4.79 Å². The molecule has 5 rings (SSSR count). The maximum Gasteiger partial charge on any atom is 0.255 e. The van der Waals surface area contributed by atoms with Crippen molar-refractivity contribution in [2.45, 2.75) is 0 Å². The Hall–Kier alpha value is -3.89. The summed E-state index contributed by atoms with van der Waals surface area (Å²) in [6, 6.07) is 40.3. The number of anilines is 1. The summed E-state index contributed by atoms with van der Waals surface area (Å²) in [5, 5.41) is 2.95. The molecule has 4 heteroatoms. The van der Waals surface area contributed by atoms with Gasteiger partial charge in [-0.3, -0.25) is 4.79 Å². The number of hydrogen-bond acceptors (Lipinski definition) is 1. The molecule has 0 spiro atoms. The van der Waals surface area contributed by atoms with Crippen LogP contribution in [0.3, 0.4) is 0 Å². The highest BCUT2D eigenvalue weighted by atomic mass is 79.9. The number of carbonyl (C=O) groups is 1. The first-order valence-corrected chi connectivity index (χ1v) is 11.5. The summed E-state index contributed by atoms with van der Waals surface area (Å²) < 4.78 is 3.16. The number of rotatable bonds is 5. The maximum absolute atomic E-state index is 12.8. The summed E-state index contributed by atoms with van der Waals surface area (Å²) in [5.74, 6) is -0.140. The molecule has 1 amide bonds. The van der Waals surface area contributed by atoms with Crippen LogP contribution < -0.4 is 5.32 Å². The molecule has 1 N–H and O–H groups in total. The van der Waals surface area contributed by atoms with Gasteiger partial charge in [-0.2, -0.15) is 0 Å². The molecule has 0 unspecified atom stereocenters. The first-order valence-electron chi connectivity index (χ1n) is 10.7. The van der Waals surface area contributed by atoms with Crippen LogP contribution in [0.2, 0.25) is 0 Å². The maximum atomic E-state index is 12.8. The fraction of sp³-hybridized carbons (Fsp3) is 0. The molecule has 1 heterocycles. The number of hydrogen-bond donors (Lipinski definition) is 1. The highest BCUT2D eigenvalue weighted by Crippen LogP contribution is 2.32. The minimum absolute atomic E-state index is 0.140. The fourth-order valence-electron chi connectivity index (χ4n) is 3.91. The third kappa shape index (κ3) is 4.52. The molecule has 0 bridgehead atoms. The second kappa shape index (κ2) is 9.31. The molecule has 3 nitrogen and oxygen atoms in total. The minimum atomic E-state index is -0.140. The van der Waals surface area contributed by atoms with Crippen molar-refractivity contribution >= 4 is 27.5 Å². The van der Waals surface area contributed by atoms with E-state index in [2.05, 4.69) is 62.2 Å². The largest absolute Gasteiger partial charge is 0.322 e. The Kier molecular flexibility index (Phi) is 5.92. The number of nitrogens with one attached hydrogen (secondary N) is 1. The second-order valence-electron chi connectivity index (χ2n) is 7.68. The first kappa shape index (κ1) is 21.0. The first-order chi connectivity index (χ1) is 16.2. The van der Waals surface area contributed by atoms with Crippen LogP contribution in [0.4, 0.5) is 5.69 Å². The van der Waals surface area contributed by atoms with E-state index >= 15 is 0 Å². The van der Waals surface area contributed by atoms with E-state index in [1.54, 1.807) is 0 Å². The van der Waals surface area contributed by atoms with Gasteiger partial charge in [0.25, 0.3) is 5.91 Å². The molecule has 33 heavy (non-hydrogen) atoms. The monoisotopic (exact) mass is 492 g/mol. The van der Waals surface area contributed by atoms with E-state index in [-0.39, 0.29) is 5.91 Å². The van der Waals surface area contributed by atoms with Crippen molar-refractivity contribution in [2.75, 3.05) is 5.32 Å². The van der Waals surface area contributed by atoms with E-state index in [1.165, 1.54) is 0 Å². The molecule has 0 saturated carbocycles. The van der Waals surface area contributed by atoms with E-state index in [0.717, 1.165) is 38.4 Å². The lowest BCUT2D eigenvalue weighted by Crippen LogP contribution is -2.12. The smallest absolute Gasteiger partial charge is 0.255 e. The minimum Gasteiger partial charge on any atom is -0.322 e. The van der Waals surface area contributed by atoms with Gasteiger partial charge >= 0.3 is 0 Å². The van der Waals surface area contributed by atoms with Gasteiger partial charge in [-0.25, -0.2) is 0 Å². The molecule has 0 aliphatic rings. The zero-order valence-electron chi connectivity index (χ0n) is 17.8. The molecule has 0 fully saturated rings. The summed E-state index contributed by atoms with van der Waals surface area (Å²) in [6.07, 6.45) is 0. The van der Waals surface area contributed by atoms with Gasteiger partial charge < -0.3 is 9.88 Å². The van der Waals surface area contributed by atoms with Crippen molar-refractivity contribution in [2.24, 2.45) is 0 Å². The average Bonchev–Trinajstić information content (AvgIpc) is 3.30. The highest BCUT2D eigenvalue weighted by molar-refractivity contribution is 9.10. The van der Waals surface area contributed by atoms with Gasteiger partial charge in [-0.05, 0) is 65.7 Å². The Bertz CT molecular complexity index is 1330. The quantitative estimate of drug-likeness (QED) is 0.266. The van der Waals surface area contributed by atoms with E-state index in [4.69, 9.17) is 0 Å². The molecule has 0 atom stereocenters. The van der Waals surface area contributed by atoms with E-state index < -0.39 is 0 Å². The molecular weight excluding hydrogens is 472 g/mol. The van der Waals surface area contributed by atoms with Gasteiger partial charge in [0.15, 0.2) is 0 Å². The molecule has 160 valence electrons. The van der Waals surface area contributed by atoms with E-state index in [1.807, 2.05) is 84.9 Å². The predicted molar refractivity (Wildman–Crippen MR) is 139 cm³/mol.